The second-order valence-corrected chi connectivity index (χ2v) is 6.10. The fraction of sp³-hybridized carbons (Fsp3) is 0.368. The summed E-state index contributed by atoms with van der Waals surface area (Å²) in [5.41, 5.74) is 0.211. The number of ether oxygens (including phenoxy) is 1. The minimum Gasteiger partial charge on any atom is -0.456 e. The highest BCUT2D eigenvalue weighted by atomic mass is 19.4. The molecule has 1 heterocycles. The van der Waals surface area contributed by atoms with Crippen molar-refractivity contribution in [2.45, 2.75) is 25.4 Å². The first-order valence-corrected chi connectivity index (χ1v) is 8.17. The van der Waals surface area contributed by atoms with E-state index in [0.717, 1.165) is 44.0 Å². The Kier molecular flexibility index (Phi) is 5.09. The molecule has 1 saturated heterocycles. The number of alkyl halides is 3. The SMILES string of the molecule is FC(F)(F)c1ccccc1Oc1ccccc1CC1CCNCC1. The fourth-order valence-electron chi connectivity index (χ4n) is 3.08. The number of para-hydroxylation sites is 2. The maximum atomic E-state index is 13.1. The molecule has 0 saturated carbocycles. The van der Waals surface area contributed by atoms with Gasteiger partial charge in [0.2, 0.25) is 0 Å². The Morgan fingerprint density at radius 2 is 1.54 bits per heavy atom. The van der Waals surface area contributed by atoms with Crippen LogP contribution in [0.15, 0.2) is 48.5 Å². The van der Waals surface area contributed by atoms with Crippen LogP contribution >= 0.6 is 0 Å². The maximum absolute atomic E-state index is 13.1. The lowest BCUT2D eigenvalue weighted by Crippen LogP contribution is -2.28. The highest BCUT2D eigenvalue weighted by molar-refractivity contribution is 5.42. The topological polar surface area (TPSA) is 21.3 Å². The van der Waals surface area contributed by atoms with Crippen LogP contribution in [0.25, 0.3) is 0 Å². The van der Waals surface area contributed by atoms with Crippen molar-refractivity contribution < 1.29 is 17.9 Å². The van der Waals surface area contributed by atoms with Gasteiger partial charge in [-0.2, -0.15) is 13.2 Å². The third kappa shape index (κ3) is 4.09. The first-order valence-electron chi connectivity index (χ1n) is 8.17. The van der Waals surface area contributed by atoms with Crippen LogP contribution in [0.2, 0.25) is 0 Å². The summed E-state index contributed by atoms with van der Waals surface area (Å²) in [7, 11) is 0. The van der Waals surface area contributed by atoms with E-state index in [1.165, 1.54) is 12.1 Å². The third-order valence-corrected chi connectivity index (χ3v) is 4.35. The second-order valence-electron chi connectivity index (χ2n) is 6.10. The summed E-state index contributed by atoms with van der Waals surface area (Å²) < 4.78 is 45.1. The summed E-state index contributed by atoms with van der Waals surface area (Å²) >= 11 is 0. The van der Waals surface area contributed by atoms with Gasteiger partial charge in [-0.3, -0.25) is 0 Å². The molecule has 0 spiro atoms. The molecule has 24 heavy (non-hydrogen) atoms. The van der Waals surface area contributed by atoms with Crippen molar-refractivity contribution in [3.63, 3.8) is 0 Å². The molecule has 2 nitrogen and oxygen atoms in total. The molecule has 0 bridgehead atoms. The van der Waals surface area contributed by atoms with Crippen LogP contribution in [-0.4, -0.2) is 13.1 Å². The molecular formula is C19H20F3NO. The molecule has 0 radical (unpaired) electrons. The summed E-state index contributed by atoms with van der Waals surface area (Å²) in [6.45, 7) is 1.98. The van der Waals surface area contributed by atoms with Gasteiger partial charge in [-0.25, -0.2) is 0 Å². The van der Waals surface area contributed by atoms with Gasteiger partial charge in [-0.05, 0) is 62.0 Å². The van der Waals surface area contributed by atoms with Gasteiger partial charge in [0.05, 0.1) is 5.56 Å². The minimum absolute atomic E-state index is 0.150. The molecule has 0 atom stereocenters. The van der Waals surface area contributed by atoms with E-state index >= 15 is 0 Å². The van der Waals surface area contributed by atoms with E-state index in [2.05, 4.69) is 5.32 Å². The Hall–Kier alpha value is -2.01. The van der Waals surface area contributed by atoms with Crippen LogP contribution in [-0.2, 0) is 12.6 Å². The van der Waals surface area contributed by atoms with Gasteiger partial charge in [-0.15, -0.1) is 0 Å². The summed E-state index contributed by atoms with van der Waals surface area (Å²) in [6.07, 6.45) is -1.45. The molecule has 0 aromatic heterocycles. The Balaban J connectivity index is 1.83. The van der Waals surface area contributed by atoms with Gasteiger partial charge in [0.25, 0.3) is 0 Å². The van der Waals surface area contributed by atoms with Crippen molar-refractivity contribution in [2.75, 3.05) is 13.1 Å². The minimum atomic E-state index is -4.43. The Morgan fingerprint density at radius 3 is 2.25 bits per heavy atom. The molecule has 0 unspecified atom stereocenters. The van der Waals surface area contributed by atoms with E-state index in [4.69, 9.17) is 4.74 Å². The van der Waals surface area contributed by atoms with Crippen molar-refractivity contribution >= 4 is 0 Å². The molecule has 128 valence electrons. The summed E-state index contributed by atoms with van der Waals surface area (Å²) in [5, 5.41) is 3.32. The largest absolute Gasteiger partial charge is 0.456 e. The highest BCUT2D eigenvalue weighted by Gasteiger charge is 2.34. The Morgan fingerprint density at radius 1 is 0.917 bits per heavy atom. The van der Waals surface area contributed by atoms with Crippen molar-refractivity contribution in [3.05, 3.63) is 59.7 Å². The number of halogens is 3. The predicted molar refractivity (Wildman–Crippen MR) is 87.3 cm³/mol. The zero-order chi connectivity index (χ0) is 17.0. The van der Waals surface area contributed by atoms with Crippen LogP contribution in [0, 0.1) is 5.92 Å². The van der Waals surface area contributed by atoms with E-state index in [1.807, 2.05) is 12.1 Å². The fourth-order valence-corrected chi connectivity index (χ4v) is 3.08. The number of piperidine rings is 1. The Labute approximate surface area is 139 Å². The molecule has 5 heteroatoms. The maximum Gasteiger partial charge on any atom is 0.419 e. The molecule has 3 rings (SSSR count). The molecule has 2 aromatic carbocycles. The van der Waals surface area contributed by atoms with E-state index in [9.17, 15) is 13.2 Å². The number of benzene rings is 2. The van der Waals surface area contributed by atoms with Gasteiger partial charge in [0.1, 0.15) is 11.5 Å². The average molecular weight is 335 g/mol. The zero-order valence-corrected chi connectivity index (χ0v) is 13.3. The summed E-state index contributed by atoms with van der Waals surface area (Å²) in [6, 6.07) is 12.7. The van der Waals surface area contributed by atoms with Crippen molar-refractivity contribution in [2.24, 2.45) is 5.92 Å². The van der Waals surface area contributed by atoms with Crippen LogP contribution in [0.3, 0.4) is 0 Å². The molecule has 1 fully saturated rings. The van der Waals surface area contributed by atoms with E-state index in [0.29, 0.717) is 11.7 Å². The van der Waals surface area contributed by atoms with Crippen LogP contribution in [0.4, 0.5) is 13.2 Å². The molecule has 1 aliphatic rings. The molecular weight excluding hydrogens is 315 g/mol. The van der Waals surface area contributed by atoms with E-state index in [-0.39, 0.29) is 5.75 Å². The van der Waals surface area contributed by atoms with Gasteiger partial charge in [0, 0.05) is 0 Å². The van der Waals surface area contributed by atoms with Crippen molar-refractivity contribution in [3.8, 4) is 11.5 Å². The van der Waals surface area contributed by atoms with E-state index in [1.54, 1.807) is 18.2 Å². The van der Waals surface area contributed by atoms with Crippen molar-refractivity contribution in [1.29, 1.82) is 0 Å². The number of hydrogen-bond acceptors (Lipinski definition) is 2. The van der Waals surface area contributed by atoms with Gasteiger partial charge < -0.3 is 10.1 Å². The first kappa shape index (κ1) is 16.8. The lowest BCUT2D eigenvalue weighted by Gasteiger charge is -2.23. The third-order valence-electron chi connectivity index (χ3n) is 4.35. The second kappa shape index (κ2) is 7.26. The van der Waals surface area contributed by atoms with Crippen LogP contribution in [0.1, 0.15) is 24.0 Å². The quantitative estimate of drug-likeness (QED) is 0.845. The smallest absolute Gasteiger partial charge is 0.419 e. The monoisotopic (exact) mass is 335 g/mol. The Bertz CT molecular complexity index is 678. The number of nitrogens with one attached hydrogen (secondary N) is 1. The lowest BCUT2D eigenvalue weighted by atomic mass is 9.90. The lowest BCUT2D eigenvalue weighted by molar-refractivity contribution is -0.138. The van der Waals surface area contributed by atoms with Crippen LogP contribution in [0.5, 0.6) is 11.5 Å². The average Bonchev–Trinajstić information content (AvgIpc) is 2.57. The van der Waals surface area contributed by atoms with Gasteiger partial charge in [0.15, 0.2) is 0 Å². The normalized spacial score (nSPS) is 16.1. The van der Waals surface area contributed by atoms with Crippen LogP contribution < -0.4 is 10.1 Å². The molecule has 1 aliphatic heterocycles. The number of rotatable bonds is 4. The van der Waals surface area contributed by atoms with Gasteiger partial charge in [-0.1, -0.05) is 30.3 Å². The summed E-state index contributed by atoms with van der Waals surface area (Å²) in [4.78, 5) is 0. The summed E-state index contributed by atoms with van der Waals surface area (Å²) in [5.74, 6) is 0.893. The van der Waals surface area contributed by atoms with Crippen molar-refractivity contribution in [1.82, 2.24) is 5.32 Å². The first-order chi connectivity index (χ1) is 11.5. The standard InChI is InChI=1S/C19H20F3NO/c20-19(21,22)16-6-2-4-8-18(16)24-17-7-3-1-5-15(17)13-14-9-11-23-12-10-14/h1-8,14,23H,9-13H2. The highest BCUT2D eigenvalue weighted by Crippen LogP contribution is 2.39. The molecule has 0 amide bonds. The molecule has 2 aromatic rings. The van der Waals surface area contributed by atoms with Gasteiger partial charge >= 0.3 is 6.18 Å². The number of hydrogen-bond donors (Lipinski definition) is 1. The molecule has 0 aliphatic carbocycles. The molecule has 1 N–H and O–H groups in total. The zero-order valence-electron chi connectivity index (χ0n) is 13.3. The van der Waals surface area contributed by atoms with E-state index < -0.39 is 11.7 Å². The predicted octanol–water partition coefficient (Wildman–Crippen LogP) is 5.04.